The summed E-state index contributed by atoms with van der Waals surface area (Å²) in [5.41, 5.74) is 1.61. The fourth-order valence-corrected chi connectivity index (χ4v) is 4.09. The van der Waals surface area contributed by atoms with Crippen molar-refractivity contribution in [2.45, 2.75) is 19.9 Å². The predicted molar refractivity (Wildman–Crippen MR) is 104 cm³/mol. The number of carbonyl (C=O) groups is 1. The summed E-state index contributed by atoms with van der Waals surface area (Å²) in [6.45, 7) is 3.45. The van der Waals surface area contributed by atoms with E-state index in [1.807, 2.05) is 6.92 Å². The maximum absolute atomic E-state index is 12.7. The van der Waals surface area contributed by atoms with Crippen molar-refractivity contribution in [3.63, 3.8) is 0 Å². The molecule has 0 aromatic heterocycles. The summed E-state index contributed by atoms with van der Waals surface area (Å²) < 4.78 is 36.2. The number of aryl methyl sites for hydroxylation is 1. The van der Waals surface area contributed by atoms with E-state index in [4.69, 9.17) is 21.1 Å². The standard InChI is InChI=1S/C18H19ClN2O5S/c1-11-4-6-14(9-15(11)19)21(27(3,23)24)12(2)18(22)20-13-5-7-16-17(8-13)26-10-25-16/h4-9,12H,10H2,1-3H3,(H,20,22). The Balaban J connectivity index is 1.86. The van der Waals surface area contributed by atoms with Crippen LogP contribution in [0.15, 0.2) is 36.4 Å². The van der Waals surface area contributed by atoms with Crippen LogP contribution < -0.4 is 19.1 Å². The van der Waals surface area contributed by atoms with E-state index >= 15 is 0 Å². The second-order valence-electron chi connectivity index (χ2n) is 6.23. The van der Waals surface area contributed by atoms with Crippen LogP contribution in [0.1, 0.15) is 12.5 Å². The fourth-order valence-electron chi connectivity index (χ4n) is 2.75. The molecular weight excluding hydrogens is 392 g/mol. The smallest absolute Gasteiger partial charge is 0.247 e. The third kappa shape index (κ3) is 4.12. The van der Waals surface area contributed by atoms with Crippen LogP contribution in [0.3, 0.4) is 0 Å². The minimum atomic E-state index is -3.72. The van der Waals surface area contributed by atoms with Crippen molar-refractivity contribution in [2.75, 3.05) is 22.7 Å². The zero-order chi connectivity index (χ0) is 19.8. The topological polar surface area (TPSA) is 84.9 Å². The number of carbonyl (C=O) groups excluding carboxylic acids is 1. The molecule has 3 rings (SSSR count). The first-order chi connectivity index (χ1) is 12.7. The van der Waals surface area contributed by atoms with Gasteiger partial charge < -0.3 is 14.8 Å². The lowest BCUT2D eigenvalue weighted by atomic mass is 10.2. The first-order valence-electron chi connectivity index (χ1n) is 8.13. The zero-order valence-electron chi connectivity index (χ0n) is 15.0. The largest absolute Gasteiger partial charge is 0.454 e. The van der Waals surface area contributed by atoms with Gasteiger partial charge in [-0.15, -0.1) is 0 Å². The number of fused-ring (bicyclic) bond motifs is 1. The predicted octanol–water partition coefficient (Wildman–Crippen LogP) is 3.17. The molecule has 9 heteroatoms. The number of nitrogens with zero attached hydrogens (tertiary/aromatic N) is 1. The second-order valence-corrected chi connectivity index (χ2v) is 8.49. The van der Waals surface area contributed by atoms with Gasteiger partial charge in [-0.3, -0.25) is 9.10 Å². The van der Waals surface area contributed by atoms with E-state index in [-0.39, 0.29) is 6.79 Å². The maximum Gasteiger partial charge on any atom is 0.247 e. The van der Waals surface area contributed by atoms with Gasteiger partial charge in [-0.05, 0) is 43.7 Å². The lowest BCUT2D eigenvalue weighted by Crippen LogP contribution is -2.45. The van der Waals surface area contributed by atoms with E-state index in [1.165, 1.54) is 13.0 Å². The molecule has 0 saturated carbocycles. The van der Waals surface area contributed by atoms with Crippen LogP contribution in [0, 0.1) is 6.92 Å². The maximum atomic E-state index is 12.7. The highest BCUT2D eigenvalue weighted by atomic mass is 35.5. The molecule has 144 valence electrons. The van der Waals surface area contributed by atoms with E-state index in [0.717, 1.165) is 16.1 Å². The number of nitrogens with one attached hydrogen (secondary N) is 1. The van der Waals surface area contributed by atoms with Crippen molar-refractivity contribution < 1.29 is 22.7 Å². The molecule has 1 N–H and O–H groups in total. The molecule has 1 unspecified atom stereocenters. The summed E-state index contributed by atoms with van der Waals surface area (Å²) in [4.78, 5) is 12.7. The van der Waals surface area contributed by atoms with Gasteiger partial charge in [0.15, 0.2) is 11.5 Å². The average Bonchev–Trinajstić information content (AvgIpc) is 3.04. The van der Waals surface area contributed by atoms with Crippen LogP contribution in [0.2, 0.25) is 5.02 Å². The Kier molecular flexibility index (Phi) is 5.21. The van der Waals surface area contributed by atoms with Gasteiger partial charge >= 0.3 is 0 Å². The van der Waals surface area contributed by atoms with E-state index in [0.29, 0.717) is 27.9 Å². The number of halogens is 1. The molecule has 27 heavy (non-hydrogen) atoms. The summed E-state index contributed by atoms with van der Waals surface area (Å²) in [6, 6.07) is 8.82. The van der Waals surface area contributed by atoms with E-state index in [1.54, 1.807) is 30.3 Å². The van der Waals surface area contributed by atoms with E-state index in [9.17, 15) is 13.2 Å². The molecule has 0 radical (unpaired) electrons. The number of amides is 1. The number of anilines is 2. The third-order valence-electron chi connectivity index (χ3n) is 4.14. The second kappa shape index (κ2) is 7.28. The number of rotatable bonds is 5. The Hall–Kier alpha value is -2.45. The van der Waals surface area contributed by atoms with Gasteiger partial charge in [0.1, 0.15) is 6.04 Å². The number of benzene rings is 2. The zero-order valence-corrected chi connectivity index (χ0v) is 16.6. The van der Waals surface area contributed by atoms with Gasteiger partial charge in [-0.2, -0.15) is 0 Å². The number of ether oxygens (including phenoxy) is 2. The third-order valence-corrected chi connectivity index (χ3v) is 5.79. The summed E-state index contributed by atoms with van der Waals surface area (Å²) >= 11 is 6.13. The van der Waals surface area contributed by atoms with Crippen molar-refractivity contribution in [3.8, 4) is 11.5 Å². The fraction of sp³-hybridized carbons (Fsp3) is 0.278. The molecule has 0 bridgehead atoms. The molecule has 1 atom stereocenters. The van der Waals surface area contributed by atoms with E-state index < -0.39 is 22.0 Å². The summed E-state index contributed by atoms with van der Waals surface area (Å²) in [6.07, 6.45) is 1.05. The van der Waals surface area contributed by atoms with Crippen molar-refractivity contribution in [3.05, 3.63) is 47.0 Å². The van der Waals surface area contributed by atoms with Crippen molar-refractivity contribution >= 4 is 38.9 Å². The molecule has 1 aliphatic heterocycles. The van der Waals surface area contributed by atoms with Crippen molar-refractivity contribution in [2.24, 2.45) is 0 Å². The Morgan fingerprint density at radius 2 is 1.89 bits per heavy atom. The normalized spacial score (nSPS) is 13.9. The van der Waals surface area contributed by atoms with Gasteiger partial charge in [-0.25, -0.2) is 8.42 Å². The highest BCUT2D eigenvalue weighted by molar-refractivity contribution is 7.92. The molecule has 0 fully saturated rings. The number of hydrogen-bond acceptors (Lipinski definition) is 5. The van der Waals surface area contributed by atoms with Crippen LogP contribution in [-0.2, 0) is 14.8 Å². The number of hydrogen-bond donors (Lipinski definition) is 1. The quantitative estimate of drug-likeness (QED) is 0.818. The highest BCUT2D eigenvalue weighted by Gasteiger charge is 2.29. The monoisotopic (exact) mass is 410 g/mol. The molecule has 1 amide bonds. The minimum absolute atomic E-state index is 0.124. The van der Waals surface area contributed by atoms with Gasteiger partial charge in [0, 0.05) is 16.8 Å². The molecule has 2 aromatic rings. The van der Waals surface area contributed by atoms with Crippen molar-refractivity contribution in [1.82, 2.24) is 0 Å². The molecule has 1 heterocycles. The molecule has 0 spiro atoms. The summed E-state index contributed by atoms with van der Waals surface area (Å²) in [5.74, 6) is 0.620. The lowest BCUT2D eigenvalue weighted by molar-refractivity contribution is -0.116. The molecule has 7 nitrogen and oxygen atoms in total. The Bertz CT molecular complexity index is 993. The van der Waals surface area contributed by atoms with Crippen LogP contribution in [0.25, 0.3) is 0 Å². The molecule has 0 saturated heterocycles. The lowest BCUT2D eigenvalue weighted by Gasteiger charge is -2.28. The Morgan fingerprint density at radius 1 is 1.19 bits per heavy atom. The van der Waals surface area contributed by atoms with Gasteiger partial charge in [-0.1, -0.05) is 17.7 Å². The summed E-state index contributed by atoms with van der Waals surface area (Å²) in [5, 5.41) is 3.13. The van der Waals surface area contributed by atoms with E-state index in [2.05, 4.69) is 5.32 Å². The van der Waals surface area contributed by atoms with Crippen molar-refractivity contribution in [1.29, 1.82) is 0 Å². The van der Waals surface area contributed by atoms with Crippen LogP contribution in [0.5, 0.6) is 11.5 Å². The van der Waals surface area contributed by atoms with Crippen LogP contribution in [-0.4, -0.2) is 33.4 Å². The molecular formula is C18H19ClN2O5S. The van der Waals surface area contributed by atoms with Gasteiger partial charge in [0.2, 0.25) is 22.7 Å². The highest BCUT2D eigenvalue weighted by Crippen LogP contribution is 2.34. The molecule has 2 aromatic carbocycles. The summed E-state index contributed by atoms with van der Waals surface area (Å²) in [7, 11) is -3.72. The molecule has 1 aliphatic rings. The molecule has 0 aliphatic carbocycles. The Labute approximate surface area is 162 Å². The van der Waals surface area contributed by atoms with Gasteiger partial charge in [0.25, 0.3) is 0 Å². The minimum Gasteiger partial charge on any atom is -0.454 e. The van der Waals surface area contributed by atoms with Gasteiger partial charge in [0.05, 0.1) is 11.9 Å². The average molecular weight is 411 g/mol. The van der Waals surface area contributed by atoms with Crippen LogP contribution >= 0.6 is 11.6 Å². The first kappa shape index (κ1) is 19.3. The SMILES string of the molecule is Cc1ccc(N(C(C)C(=O)Nc2ccc3c(c2)OCO3)S(C)(=O)=O)cc1Cl. The first-order valence-corrected chi connectivity index (χ1v) is 10.4. The van der Waals surface area contributed by atoms with Crippen LogP contribution in [0.4, 0.5) is 11.4 Å². The number of sulfonamides is 1. The Morgan fingerprint density at radius 3 is 2.56 bits per heavy atom.